The summed E-state index contributed by atoms with van der Waals surface area (Å²) in [5.74, 6) is -0.0235. The number of amides is 1. The molecule has 1 aliphatic rings. The van der Waals surface area contributed by atoms with Gasteiger partial charge in [-0.1, -0.05) is 18.2 Å². The van der Waals surface area contributed by atoms with Gasteiger partial charge in [-0.2, -0.15) is 0 Å². The number of aryl methyl sites for hydroxylation is 3. The van der Waals surface area contributed by atoms with Crippen LogP contribution in [0, 0.1) is 13.8 Å². The van der Waals surface area contributed by atoms with Crippen LogP contribution < -0.4 is 10.6 Å². The van der Waals surface area contributed by atoms with Gasteiger partial charge in [0.05, 0.1) is 17.8 Å². The van der Waals surface area contributed by atoms with E-state index in [-0.39, 0.29) is 18.0 Å². The largest absolute Gasteiger partial charge is 0.357 e. The summed E-state index contributed by atoms with van der Waals surface area (Å²) in [7, 11) is 2.00. The summed E-state index contributed by atoms with van der Waals surface area (Å²) in [6.45, 7) is 4.54. The van der Waals surface area contributed by atoms with E-state index in [0.717, 1.165) is 28.1 Å². The number of nitrogens with zero attached hydrogens (tertiary/aromatic N) is 3. The molecule has 3 heterocycles. The number of thiocarbonyl (C=S) groups is 1. The van der Waals surface area contributed by atoms with E-state index in [0.29, 0.717) is 18.1 Å². The number of nitrogens with one attached hydrogen (secondary N) is 2. The van der Waals surface area contributed by atoms with Crippen LogP contribution in [0.1, 0.15) is 40.9 Å². The van der Waals surface area contributed by atoms with Crippen LogP contribution in [-0.2, 0) is 11.8 Å². The Morgan fingerprint density at radius 2 is 2.06 bits per heavy atom. The minimum atomic E-state index is -0.0711. The van der Waals surface area contributed by atoms with Crippen molar-refractivity contribution in [3.8, 4) is 0 Å². The lowest BCUT2D eigenvalue weighted by molar-refractivity contribution is -0.116. The quantitative estimate of drug-likeness (QED) is 0.575. The standard InChI is InChI=1S/C24H27N5OS/c1-16-7-8-17(2)20(14-16)26-21(30)10-13-29-23(18-9-12-28(3)15-18)22(27-24(29)31)19-6-4-5-11-25-19/h4-9,11-12,14-15,22-23H,10,13H2,1-3H3,(H,26,30)(H,27,31). The van der Waals surface area contributed by atoms with Gasteiger partial charge in [0.1, 0.15) is 0 Å². The molecule has 4 rings (SSSR count). The predicted molar refractivity (Wildman–Crippen MR) is 127 cm³/mol. The third kappa shape index (κ3) is 4.61. The van der Waals surface area contributed by atoms with Crippen molar-refractivity contribution in [3.05, 3.63) is 83.4 Å². The number of carbonyl (C=O) groups excluding carboxylic acids is 1. The van der Waals surface area contributed by atoms with Crippen molar-refractivity contribution in [3.63, 3.8) is 0 Å². The summed E-state index contributed by atoms with van der Waals surface area (Å²) in [5, 5.41) is 7.11. The first-order valence-electron chi connectivity index (χ1n) is 10.4. The van der Waals surface area contributed by atoms with E-state index in [4.69, 9.17) is 12.2 Å². The van der Waals surface area contributed by atoms with E-state index >= 15 is 0 Å². The average molecular weight is 434 g/mol. The third-order valence-electron chi connectivity index (χ3n) is 5.64. The Labute approximate surface area is 188 Å². The minimum absolute atomic E-state index is 0.0235. The number of hydrogen-bond acceptors (Lipinski definition) is 3. The molecule has 0 radical (unpaired) electrons. The van der Waals surface area contributed by atoms with Gasteiger partial charge in [0.25, 0.3) is 0 Å². The van der Waals surface area contributed by atoms with Crippen molar-refractivity contribution in [2.75, 3.05) is 11.9 Å². The highest BCUT2D eigenvalue weighted by molar-refractivity contribution is 7.80. The van der Waals surface area contributed by atoms with Gasteiger partial charge in [0.15, 0.2) is 5.11 Å². The number of pyridine rings is 1. The van der Waals surface area contributed by atoms with Crippen molar-refractivity contribution in [1.29, 1.82) is 0 Å². The number of rotatable bonds is 6. The molecule has 6 nitrogen and oxygen atoms in total. The van der Waals surface area contributed by atoms with Crippen LogP contribution in [0.2, 0.25) is 0 Å². The Kier molecular flexibility index (Phi) is 6.04. The lowest BCUT2D eigenvalue weighted by Crippen LogP contribution is -2.32. The zero-order valence-corrected chi connectivity index (χ0v) is 18.8. The van der Waals surface area contributed by atoms with Crippen LogP contribution in [0.3, 0.4) is 0 Å². The predicted octanol–water partition coefficient (Wildman–Crippen LogP) is 4.04. The van der Waals surface area contributed by atoms with Crippen LogP contribution in [-0.4, -0.2) is 32.0 Å². The van der Waals surface area contributed by atoms with Crippen LogP contribution in [0.5, 0.6) is 0 Å². The fraction of sp³-hybridized carbons (Fsp3) is 0.292. The highest BCUT2D eigenvalue weighted by atomic mass is 32.1. The molecule has 1 saturated heterocycles. The lowest BCUT2D eigenvalue weighted by Gasteiger charge is -2.27. The first-order chi connectivity index (χ1) is 14.9. The summed E-state index contributed by atoms with van der Waals surface area (Å²) in [6, 6.07) is 14.0. The Morgan fingerprint density at radius 3 is 2.77 bits per heavy atom. The van der Waals surface area contributed by atoms with Crippen molar-refractivity contribution in [2.45, 2.75) is 32.4 Å². The normalized spacial score (nSPS) is 18.2. The van der Waals surface area contributed by atoms with Gasteiger partial charge in [-0.25, -0.2) is 0 Å². The van der Waals surface area contributed by atoms with Crippen molar-refractivity contribution in [2.24, 2.45) is 7.05 Å². The molecule has 0 spiro atoms. The molecule has 0 saturated carbocycles. The molecule has 1 amide bonds. The molecular weight excluding hydrogens is 406 g/mol. The van der Waals surface area contributed by atoms with E-state index in [9.17, 15) is 4.79 Å². The van der Waals surface area contributed by atoms with Gasteiger partial charge in [-0.15, -0.1) is 0 Å². The molecule has 160 valence electrons. The van der Waals surface area contributed by atoms with E-state index in [1.165, 1.54) is 0 Å². The Morgan fingerprint density at radius 1 is 1.23 bits per heavy atom. The number of benzene rings is 1. The summed E-state index contributed by atoms with van der Waals surface area (Å²) in [5.41, 5.74) is 5.10. The van der Waals surface area contributed by atoms with E-state index in [2.05, 4.69) is 32.8 Å². The van der Waals surface area contributed by atoms with Crippen molar-refractivity contribution < 1.29 is 4.79 Å². The van der Waals surface area contributed by atoms with Gasteiger partial charge >= 0.3 is 0 Å². The zero-order valence-electron chi connectivity index (χ0n) is 18.0. The second kappa shape index (κ2) is 8.89. The molecule has 2 unspecified atom stereocenters. The maximum atomic E-state index is 12.7. The van der Waals surface area contributed by atoms with E-state index < -0.39 is 0 Å². The Bertz CT molecular complexity index is 1090. The summed E-state index contributed by atoms with van der Waals surface area (Å²) >= 11 is 5.67. The number of hydrogen-bond donors (Lipinski definition) is 2. The first kappa shape index (κ1) is 21.1. The molecule has 1 aromatic carbocycles. The van der Waals surface area contributed by atoms with Gasteiger partial charge in [-0.05, 0) is 67.0 Å². The molecule has 1 aliphatic heterocycles. The van der Waals surface area contributed by atoms with Crippen LogP contribution in [0.4, 0.5) is 5.69 Å². The smallest absolute Gasteiger partial charge is 0.226 e. The van der Waals surface area contributed by atoms with E-state index in [1.807, 2.05) is 68.1 Å². The highest BCUT2D eigenvalue weighted by Crippen LogP contribution is 2.38. The maximum absolute atomic E-state index is 12.7. The molecule has 0 bridgehead atoms. The van der Waals surface area contributed by atoms with E-state index in [1.54, 1.807) is 6.20 Å². The van der Waals surface area contributed by atoms with Crippen LogP contribution >= 0.6 is 12.2 Å². The molecule has 0 aliphatic carbocycles. The molecule has 2 atom stereocenters. The number of aromatic nitrogens is 2. The summed E-state index contributed by atoms with van der Waals surface area (Å²) in [6.07, 6.45) is 6.26. The second-order valence-electron chi connectivity index (χ2n) is 8.05. The second-order valence-corrected chi connectivity index (χ2v) is 8.43. The molecule has 7 heteroatoms. The first-order valence-corrected chi connectivity index (χ1v) is 10.8. The fourth-order valence-corrected chi connectivity index (χ4v) is 4.35. The summed E-state index contributed by atoms with van der Waals surface area (Å²) < 4.78 is 2.03. The fourth-order valence-electron chi connectivity index (χ4n) is 4.01. The molecular formula is C24H27N5OS. The van der Waals surface area contributed by atoms with Crippen LogP contribution in [0.25, 0.3) is 0 Å². The SMILES string of the molecule is Cc1ccc(C)c(NC(=O)CCN2C(=S)NC(c3ccccn3)C2c2ccn(C)c2)c1. The van der Waals surface area contributed by atoms with Crippen molar-refractivity contribution in [1.82, 2.24) is 19.8 Å². The molecule has 1 fully saturated rings. The van der Waals surface area contributed by atoms with Gasteiger partial charge in [0, 0.05) is 44.3 Å². The van der Waals surface area contributed by atoms with Crippen LogP contribution in [0.15, 0.2) is 61.1 Å². The van der Waals surface area contributed by atoms with Crippen molar-refractivity contribution >= 4 is 28.9 Å². The van der Waals surface area contributed by atoms with Gasteiger partial charge in [-0.3, -0.25) is 9.78 Å². The van der Waals surface area contributed by atoms with Gasteiger partial charge < -0.3 is 20.1 Å². The number of carbonyl (C=O) groups is 1. The number of anilines is 1. The topological polar surface area (TPSA) is 62.2 Å². The monoisotopic (exact) mass is 433 g/mol. The average Bonchev–Trinajstić information content (AvgIpc) is 3.32. The summed E-state index contributed by atoms with van der Waals surface area (Å²) in [4.78, 5) is 19.4. The third-order valence-corrected chi connectivity index (χ3v) is 5.99. The molecule has 3 aromatic rings. The Hall–Kier alpha value is -3.19. The highest BCUT2D eigenvalue weighted by Gasteiger charge is 2.40. The lowest BCUT2D eigenvalue weighted by atomic mass is 9.99. The van der Waals surface area contributed by atoms with Gasteiger partial charge in [0.2, 0.25) is 5.91 Å². The Balaban J connectivity index is 1.52. The molecule has 31 heavy (non-hydrogen) atoms. The zero-order chi connectivity index (χ0) is 22.0. The maximum Gasteiger partial charge on any atom is 0.226 e. The molecule has 2 N–H and O–H groups in total. The molecule has 2 aromatic heterocycles. The minimum Gasteiger partial charge on any atom is -0.357 e.